The molecule has 1 rings (SSSR count). The molecule has 0 amide bonds. The fourth-order valence-electron chi connectivity index (χ4n) is 1.50. The minimum atomic E-state index is -2.28. The van der Waals surface area contributed by atoms with Gasteiger partial charge in [-0.25, -0.2) is 9.37 Å². The van der Waals surface area contributed by atoms with Crippen molar-refractivity contribution in [1.29, 1.82) is 0 Å². The van der Waals surface area contributed by atoms with E-state index in [9.17, 15) is 13.2 Å². The van der Waals surface area contributed by atoms with Gasteiger partial charge in [0.15, 0.2) is 11.6 Å². The first-order valence-electron chi connectivity index (χ1n) is 6.28. The molecule has 1 aromatic rings. The van der Waals surface area contributed by atoms with Gasteiger partial charge in [0.1, 0.15) is 12.8 Å². The molecular formula is C13H17F3N2O2S. The fourth-order valence-corrected chi connectivity index (χ4v) is 2.30. The molecule has 0 unspecified atom stereocenters. The number of nitrogens with zero attached hydrogens (tertiary/aromatic N) is 2. The maximum absolute atomic E-state index is 12.7. The van der Waals surface area contributed by atoms with E-state index >= 15 is 0 Å². The second kappa shape index (κ2) is 8.11. The number of aromatic nitrogens is 1. The van der Waals surface area contributed by atoms with E-state index in [0.717, 1.165) is 11.8 Å². The van der Waals surface area contributed by atoms with Gasteiger partial charge < -0.3 is 9.25 Å². The van der Waals surface area contributed by atoms with Gasteiger partial charge in [-0.2, -0.15) is 8.78 Å². The molecule has 0 radical (unpaired) electrons. The summed E-state index contributed by atoms with van der Waals surface area (Å²) in [5.74, 6) is -0.742. The van der Waals surface area contributed by atoms with Crippen LogP contribution in [-0.2, 0) is 4.84 Å². The van der Waals surface area contributed by atoms with Crippen LogP contribution < -0.4 is 0 Å². The summed E-state index contributed by atoms with van der Waals surface area (Å²) >= 11 is 1.07. The molecule has 0 saturated carbocycles. The molecule has 0 atom stereocenters. The molecule has 1 aromatic heterocycles. The van der Waals surface area contributed by atoms with Gasteiger partial charge >= 0.3 is 6.08 Å². The van der Waals surface area contributed by atoms with E-state index in [2.05, 4.69) is 10.1 Å². The molecule has 0 bridgehead atoms. The van der Waals surface area contributed by atoms with Crippen molar-refractivity contribution < 1.29 is 22.4 Å². The molecular weight excluding hydrogens is 305 g/mol. The highest BCUT2D eigenvalue weighted by atomic mass is 32.2. The summed E-state index contributed by atoms with van der Waals surface area (Å²) in [5, 5.41) is 4.20. The van der Waals surface area contributed by atoms with E-state index < -0.39 is 11.9 Å². The molecule has 8 heteroatoms. The van der Waals surface area contributed by atoms with Crippen LogP contribution in [0.2, 0.25) is 0 Å². The first kappa shape index (κ1) is 17.6. The van der Waals surface area contributed by atoms with Gasteiger partial charge in [0.2, 0.25) is 0 Å². The lowest BCUT2D eigenvalue weighted by atomic mass is 10.1. The predicted molar refractivity (Wildman–Crippen MR) is 75.3 cm³/mol. The first-order chi connectivity index (χ1) is 9.86. The molecule has 118 valence electrons. The van der Waals surface area contributed by atoms with Crippen molar-refractivity contribution in [3.8, 4) is 0 Å². The number of oxazole rings is 1. The number of halogens is 3. The highest BCUT2D eigenvalue weighted by Crippen LogP contribution is 2.25. The quantitative estimate of drug-likeness (QED) is 0.420. The van der Waals surface area contributed by atoms with Crippen LogP contribution in [0.4, 0.5) is 13.2 Å². The highest BCUT2D eigenvalue weighted by molar-refractivity contribution is 7.99. The van der Waals surface area contributed by atoms with Crippen LogP contribution >= 0.6 is 11.8 Å². The first-order valence-corrected chi connectivity index (χ1v) is 7.26. The molecule has 0 aromatic carbocycles. The van der Waals surface area contributed by atoms with Crippen molar-refractivity contribution in [3.63, 3.8) is 0 Å². The predicted octanol–water partition coefficient (Wildman–Crippen LogP) is 4.55. The average molecular weight is 322 g/mol. The standard InChI is InChI=1S/C13H17F3N2O2S/c1-7(2)10(18-19-4)11-8(3)17-13(20-11)21-6-5-9(14)12(15)16/h7H,5-6H2,1-4H3. The van der Waals surface area contributed by atoms with E-state index in [0.29, 0.717) is 22.4 Å². The zero-order chi connectivity index (χ0) is 16.0. The summed E-state index contributed by atoms with van der Waals surface area (Å²) in [6, 6.07) is 0. The minimum Gasteiger partial charge on any atom is -0.430 e. The Morgan fingerprint density at radius 3 is 2.57 bits per heavy atom. The molecule has 0 N–H and O–H groups in total. The summed E-state index contributed by atoms with van der Waals surface area (Å²) in [5.41, 5.74) is 1.23. The van der Waals surface area contributed by atoms with Crippen molar-refractivity contribution in [3.05, 3.63) is 23.4 Å². The van der Waals surface area contributed by atoms with Crippen LogP contribution in [-0.4, -0.2) is 23.6 Å². The Morgan fingerprint density at radius 1 is 1.38 bits per heavy atom. The zero-order valence-electron chi connectivity index (χ0n) is 12.2. The van der Waals surface area contributed by atoms with Crippen LogP contribution in [0.5, 0.6) is 0 Å². The Hall–Kier alpha value is -1.44. The normalized spacial score (nSPS) is 11.9. The average Bonchev–Trinajstić information content (AvgIpc) is 2.76. The molecule has 4 nitrogen and oxygen atoms in total. The van der Waals surface area contributed by atoms with E-state index in [1.807, 2.05) is 13.8 Å². The number of thioether (sulfide) groups is 1. The van der Waals surface area contributed by atoms with Crippen LogP contribution in [0.25, 0.3) is 0 Å². The van der Waals surface area contributed by atoms with Gasteiger partial charge in [-0.05, 0) is 6.92 Å². The van der Waals surface area contributed by atoms with Crippen LogP contribution in [0.1, 0.15) is 31.7 Å². The number of rotatable bonds is 7. The van der Waals surface area contributed by atoms with Crippen LogP contribution in [0.3, 0.4) is 0 Å². The van der Waals surface area contributed by atoms with Crippen molar-refractivity contribution in [2.24, 2.45) is 11.1 Å². The maximum atomic E-state index is 12.7. The third-order valence-electron chi connectivity index (χ3n) is 2.50. The second-order valence-electron chi connectivity index (χ2n) is 4.47. The summed E-state index contributed by atoms with van der Waals surface area (Å²) in [7, 11) is 1.43. The minimum absolute atomic E-state index is 0.0652. The molecule has 0 saturated heterocycles. The van der Waals surface area contributed by atoms with Gasteiger partial charge in [0.25, 0.3) is 5.22 Å². The van der Waals surface area contributed by atoms with Gasteiger partial charge in [0, 0.05) is 18.1 Å². The molecule has 0 aliphatic rings. The third kappa shape index (κ3) is 5.11. The maximum Gasteiger partial charge on any atom is 0.301 e. The summed E-state index contributed by atoms with van der Waals surface area (Å²) < 4.78 is 42.1. The smallest absolute Gasteiger partial charge is 0.301 e. The van der Waals surface area contributed by atoms with Gasteiger partial charge in [0.05, 0.1) is 5.69 Å². The van der Waals surface area contributed by atoms with Gasteiger partial charge in [-0.15, -0.1) is 0 Å². The van der Waals surface area contributed by atoms with Crippen LogP contribution in [0, 0.1) is 12.8 Å². The Bertz CT molecular complexity index is 538. The molecule has 21 heavy (non-hydrogen) atoms. The van der Waals surface area contributed by atoms with Crippen LogP contribution in [0.15, 0.2) is 26.7 Å². The summed E-state index contributed by atoms with van der Waals surface area (Å²) in [6.45, 7) is 5.60. The topological polar surface area (TPSA) is 47.6 Å². The number of hydrogen-bond donors (Lipinski definition) is 0. The third-order valence-corrected chi connectivity index (χ3v) is 3.33. The highest BCUT2D eigenvalue weighted by Gasteiger charge is 2.19. The number of aryl methyl sites for hydroxylation is 1. The Morgan fingerprint density at radius 2 is 2.05 bits per heavy atom. The van der Waals surface area contributed by atoms with Crippen molar-refractivity contribution in [1.82, 2.24) is 4.98 Å². The van der Waals surface area contributed by atoms with E-state index in [-0.39, 0.29) is 18.1 Å². The van der Waals surface area contributed by atoms with Crippen molar-refractivity contribution in [2.75, 3.05) is 12.9 Å². The van der Waals surface area contributed by atoms with Crippen molar-refractivity contribution >= 4 is 17.5 Å². The summed E-state index contributed by atoms with van der Waals surface area (Å²) in [6.07, 6.45) is -2.65. The SMILES string of the molecule is CON=C(c1oc(SCCC(F)=C(F)F)nc1C)C(C)C. The van der Waals surface area contributed by atoms with E-state index in [1.54, 1.807) is 6.92 Å². The number of hydrogen-bond acceptors (Lipinski definition) is 5. The van der Waals surface area contributed by atoms with E-state index in [4.69, 9.17) is 9.25 Å². The zero-order valence-corrected chi connectivity index (χ0v) is 13.1. The Labute approximate surface area is 125 Å². The molecule has 0 fully saturated rings. The monoisotopic (exact) mass is 322 g/mol. The lowest BCUT2D eigenvalue weighted by Gasteiger charge is -2.06. The Kier molecular flexibility index (Phi) is 6.80. The second-order valence-corrected chi connectivity index (χ2v) is 5.52. The lowest BCUT2D eigenvalue weighted by molar-refractivity contribution is 0.210. The number of oxime groups is 1. The molecule has 0 aliphatic carbocycles. The Balaban J connectivity index is 2.79. The van der Waals surface area contributed by atoms with Crippen molar-refractivity contribution in [2.45, 2.75) is 32.4 Å². The lowest BCUT2D eigenvalue weighted by Crippen LogP contribution is -2.10. The summed E-state index contributed by atoms with van der Waals surface area (Å²) in [4.78, 5) is 8.95. The number of allylic oxidation sites excluding steroid dienone is 1. The van der Waals surface area contributed by atoms with E-state index in [1.165, 1.54) is 7.11 Å². The van der Waals surface area contributed by atoms with Gasteiger partial charge in [-0.3, -0.25) is 0 Å². The molecule has 0 spiro atoms. The van der Waals surface area contributed by atoms with Gasteiger partial charge in [-0.1, -0.05) is 30.8 Å². The molecule has 0 aliphatic heterocycles. The fraction of sp³-hybridized carbons (Fsp3) is 0.538. The molecule has 1 heterocycles. The largest absolute Gasteiger partial charge is 0.430 e.